The Morgan fingerprint density at radius 1 is 1.03 bits per heavy atom. The highest BCUT2D eigenvalue weighted by molar-refractivity contribution is 5.83. The Kier molecular flexibility index (Phi) is 4.50. The van der Waals surface area contributed by atoms with Gasteiger partial charge in [0, 0.05) is 48.8 Å². The molecule has 1 saturated heterocycles. The van der Waals surface area contributed by atoms with Gasteiger partial charge in [-0.3, -0.25) is 9.97 Å². The Labute approximate surface area is 168 Å². The molecule has 0 amide bonds. The highest BCUT2D eigenvalue weighted by Crippen LogP contribution is 2.31. The van der Waals surface area contributed by atoms with Gasteiger partial charge in [0.15, 0.2) is 0 Å². The Morgan fingerprint density at radius 2 is 1.83 bits per heavy atom. The lowest BCUT2D eigenvalue weighted by Crippen LogP contribution is -2.18. The molecule has 10 heteroatoms. The van der Waals surface area contributed by atoms with E-state index < -0.39 is 12.1 Å². The molecule has 0 unspecified atom stereocenters. The third kappa shape index (κ3) is 3.43. The first-order valence-corrected chi connectivity index (χ1v) is 9.41. The molecule has 0 spiro atoms. The number of hydrogen-bond acceptors (Lipinski definition) is 6. The third-order valence-corrected chi connectivity index (χ3v) is 5.14. The summed E-state index contributed by atoms with van der Waals surface area (Å²) in [4.78, 5) is 12.2. The summed E-state index contributed by atoms with van der Waals surface area (Å²) in [5, 5.41) is 4.44. The van der Waals surface area contributed by atoms with Gasteiger partial charge in [0.2, 0.25) is 5.82 Å². The summed E-state index contributed by atoms with van der Waals surface area (Å²) in [6.07, 6.45) is 2.49. The van der Waals surface area contributed by atoms with Crippen LogP contribution in [-0.2, 0) is 10.9 Å². The minimum atomic E-state index is -4.69. The van der Waals surface area contributed by atoms with Gasteiger partial charge >= 0.3 is 12.1 Å². The van der Waals surface area contributed by atoms with E-state index in [0.29, 0.717) is 23.0 Å². The van der Waals surface area contributed by atoms with Gasteiger partial charge in [0.1, 0.15) is 0 Å². The average Bonchev–Trinajstić information content (AvgIpc) is 3.41. The van der Waals surface area contributed by atoms with E-state index in [-0.39, 0.29) is 5.82 Å². The number of aromatic nitrogens is 5. The van der Waals surface area contributed by atoms with Crippen LogP contribution in [0.3, 0.4) is 0 Å². The van der Waals surface area contributed by atoms with E-state index in [9.17, 15) is 13.2 Å². The summed E-state index contributed by atoms with van der Waals surface area (Å²) < 4.78 is 50.2. The maximum absolute atomic E-state index is 12.7. The van der Waals surface area contributed by atoms with Crippen LogP contribution in [0.2, 0.25) is 0 Å². The summed E-state index contributed by atoms with van der Waals surface area (Å²) in [5.41, 5.74) is 2.50. The zero-order valence-corrected chi connectivity index (χ0v) is 15.6. The van der Waals surface area contributed by atoms with E-state index in [4.69, 9.17) is 4.74 Å². The number of hydrogen-bond donors (Lipinski definition) is 0. The fourth-order valence-corrected chi connectivity index (χ4v) is 3.64. The van der Waals surface area contributed by atoms with Crippen molar-refractivity contribution in [2.75, 3.05) is 13.2 Å². The second-order valence-corrected chi connectivity index (χ2v) is 7.05. The third-order valence-electron chi connectivity index (χ3n) is 5.14. The number of fused-ring (bicyclic) bond motifs is 1. The molecular formula is C20H16F3N5O2. The van der Waals surface area contributed by atoms with Gasteiger partial charge in [0.25, 0.3) is 0 Å². The number of halogens is 3. The van der Waals surface area contributed by atoms with Crippen molar-refractivity contribution in [1.29, 1.82) is 0 Å². The van der Waals surface area contributed by atoms with Gasteiger partial charge in [0.05, 0.1) is 16.9 Å². The average molecular weight is 415 g/mol. The molecule has 0 aliphatic carbocycles. The molecule has 0 bridgehead atoms. The maximum Gasteiger partial charge on any atom is 0.471 e. The molecule has 30 heavy (non-hydrogen) atoms. The molecule has 0 N–H and O–H groups in total. The Bertz CT molecular complexity index is 1190. The summed E-state index contributed by atoms with van der Waals surface area (Å²) in [5.74, 6) is -1.54. The molecule has 0 atom stereocenters. The molecule has 1 aliphatic rings. The van der Waals surface area contributed by atoms with Crippen LogP contribution < -0.4 is 0 Å². The summed E-state index contributed by atoms with van der Waals surface area (Å²) in [6, 6.07) is 7.43. The summed E-state index contributed by atoms with van der Waals surface area (Å²) in [7, 11) is 0. The number of pyridine rings is 2. The molecule has 0 aromatic carbocycles. The van der Waals surface area contributed by atoms with Crippen LogP contribution in [0, 0.1) is 0 Å². The van der Waals surface area contributed by atoms with Crippen molar-refractivity contribution >= 4 is 10.9 Å². The molecule has 1 fully saturated rings. The number of rotatable bonds is 3. The molecule has 5 heterocycles. The van der Waals surface area contributed by atoms with Crippen LogP contribution in [0.25, 0.3) is 33.7 Å². The SMILES string of the molecule is FC(F)(F)c1nc(-c2ccnc(-c3cc4c(ccn4C4CCOCC4)cn3)c2)no1. The molecule has 0 radical (unpaired) electrons. The fourth-order valence-electron chi connectivity index (χ4n) is 3.64. The van der Waals surface area contributed by atoms with E-state index in [1.807, 2.05) is 18.3 Å². The molecule has 5 rings (SSSR count). The lowest BCUT2D eigenvalue weighted by atomic mass is 10.1. The van der Waals surface area contributed by atoms with Crippen LogP contribution in [0.15, 0.2) is 47.4 Å². The normalized spacial score (nSPS) is 15.7. The predicted octanol–water partition coefficient (Wildman–Crippen LogP) is 4.52. The van der Waals surface area contributed by atoms with Crippen molar-refractivity contribution in [3.8, 4) is 22.8 Å². The standard InChI is InChI=1S/C20H16F3N5O2/c21-20(22,23)19-26-18(27-30-19)12-1-5-24-15(9-12)16-10-17-13(11-25-16)2-6-28(17)14-3-7-29-8-4-14/h1-2,5-6,9-11,14H,3-4,7-8H2. The largest absolute Gasteiger partial charge is 0.471 e. The monoisotopic (exact) mass is 415 g/mol. The first kappa shape index (κ1) is 18.7. The van der Waals surface area contributed by atoms with Crippen LogP contribution in [0.1, 0.15) is 24.8 Å². The zero-order valence-electron chi connectivity index (χ0n) is 15.6. The van der Waals surface area contributed by atoms with E-state index in [0.717, 1.165) is 37.0 Å². The lowest BCUT2D eigenvalue weighted by Gasteiger charge is -2.24. The first-order valence-electron chi connectivity index (χ1n) is 9.41. The first-order chi connectivity index (χ1) is 14.5. The van der Waals surface area contributed by atoms with Crippen LogP contribution in [0.5, 0.6) is 0 Å². The van der Waals surface area contributed by atoms with E-state index in [1.165, 1.54) is 12.3 Å². The highest BCUT2D eigenvalue weighted by atomic mass is 19.4. The minimum Gasteiger partial charge on any atom is -0.381 e. The van der Waals surface area contributed by atoms with Crippen molar-refractivity contribution in [3.63, 3.8) is 0 Å². The fraction of sp³-hybridized carbons (Fsp3) is 0.300. The van der Waals surface area contributed by atoms with Gasteiger partial charge in [-0.15, -0.1) is 0 Å². The summed E-state index contributed by atoms with van der Waals surface area (Å²) in [6.45, 7) is 1.47. The number of nitrogens with zero attached hydrogens (tertiary/aromatic N) is 5. The van der Waals surface area contributed by atoms with E-state index in [1.54, 1.807) is 12.3 Å². The molecule has 0 saturated carbocycles. The topological polar surface area (TPSA) is 78.9 Å². The highest BCUT2D eigenvalue weighted by Gasteiger charge is 2.38. The molecule has 7 nitrogen and oxygen atoms in total. The minimum absolute atomic E-state index is 0.155. The molecule has 154 valence electrons. The smallest absolute Gasteiger partial charge is 0.381 e. The second-order valence-electron chi connectivity index (χ2n) is 7.05. The Morgan fingerprint density at radius 3 is 2.60 bits per heavy atom. The quantitative estimate of drug-likeness (QED) is 0.490. The van der Waals surface area contributed by atoms with Crippen molar-refractivity contribution in [2.24, 2.45) is 0 Å². The van der Waals surface area contributed by atoms with E-state index in [2.05, 4.69) is 29.2 Å². The van der Waals surface area contributed by atoms with E-state index >= 15 is 0 Å². The van der Waals surface area contributed by atoms with Crippen molar-refractivity contribution in [3.05, 3.63) is 48.7 Å². The molecule has 1 aliphatic heterocycles. The lowest BCUT2D eigenvalue weighted by molar-refractivity contribution is -0.159. The predicted molar refractivity (Wildman–Crippen MR) is 100 cm³/mol. The van der Waals surface area contributed by atoms with Crippen LogP contribution >= 0.6 is 0 Å². The Hall–Kier alpha value is -3.27. The van der Waals surface area contributed by atoms with Gasteiger partial charge in [-0.25, -0.2) is 0 Å². The van der Waals surface area contributed by atoms with Crippen molar-refractivity contribution in [1.82, 2.24) is 24.7 Å². The number of ether oxygens (including phenoxy) is 1. The number of alkyl halides is 3. The van der Waals surface area contributed by atoms with Gasteiger partial charge in [-0.1, -0.05) is 5.16 Å². The van der Waals surface area contributed by atoms with Gasteiger partial charge < -0.3 is 13.8 Å². The summed E-state index contributed by atoms with van der Waals surface area (Å²) >= 11 is 0. The van der Waals surface area contributed by atoms with Crippen LogP contribution in [-0.4, -0.2) is 37.9 Å². The van der Waals surface area contributed by atoms with Crippen molar-refractivity contribution < 1.29 is 22.4 Å². The van der Waals surface area contributed by atoms with Gasteiger partial charge in [-0.05, 0) is 37.1 Å². The second kappa shape index (κ2) is 7.21. The molecule has 4 aromatic rings. The van der Waals surface area contributed by atoms with Crippen molar-refractivity contribution in [2.45, 2.75) is 25.1 Å². The maximum atomic E-state index is 12.7. The van der Waals surface area contributed by atoms with Crippen LogP contribution in [0.4, 0.5) is 13.2 Å². The molecule has 4 aromatic heterocycles. The molecular weight excluding hydrogens is 399 g/mol. The van der Waals surface area contributed by atoms with Gasteiger partial charge in [-0.2, -0.15) is 18.2 Å². The Balaban J connectivity index is 1.51. The zero-order chi connectivity index (χ0) is 20.7.